The van der Waals surface area contributed by atoms with Crippen LogP contribution >= 0.6 is 0 Å². The molecular formula is C24H25NO4. The molecule has 5 nitrogen and oxygen atoms in total. The molecule has 0 radical (unpaired) electrons. The number of para-hydroxylation sites is 1. The SMILES string of the molecule is CCCC[NH+](C)Cc1c([O-])cc(C)c2c1OC(=Cc1cc3ccccc3o1)C2=O. The lowest BCUT2D eigenvalue weighted by molar-refractivity contribution is -0.894. The summed E-state index contributed by atoms with van der Waals surface area (Å²) >= 11 is 0. The normalized spacial score (nSPS) is 15.7. The molecule has 2 aromatic carbocycles. The lowest BCUT2D eigenvalue weighted by Crippen LogP contribution is -3.07. The van der Waals surface area contributed by atoms with Gasteiger partial charge < -0.3 is 19.2 Å². The molecule has 1 aliphatic heterocycles. The van der Waals surface area contributed by atoms with Crippen molar-refractivity contribution in [2.75, 3.05) is 13.6 Å². The number of carbonyl (C=O) groups excluding carboxylic acids is 1. The summed E-state index contributed by atoms with van der Waals surface area (Å²) in [6, 6.07) is 11.1. The van der Waals surface area contributed by atoms with Crippen LogP contribution in [0, 0.1) is 6.92 Å². The molecule has 1 unspecified atom stereocenters. The summed E-state index contributed by atoms with van der Waals surface area (Å²) in [7, 11) is 2.06. The van der Waals surface area contributed by atoms with E-state index in [4.69, 9.17) is 9.15 Å². The Labute approximate surface area is 170 Å². The quantitative estimate of drug-likeness (QED) is 0.655. The number of carbonyl (C=O) groups is 1. The lowest BCUT2D eigenvalue weighted by Gasteiger charge is -2.21. The second-order valence-electron chi connectivity index (χ2n) is 7.74. The zero-order valence-corrected chi connectivity index (χ0v) is 17.0. The molecule has 4 rings (SSSR count). The summed E-state index contributed by atoms with van der Waals surface area (Å²) in [5, 5.41) is 13.6. The fraction of sp³-hybridized carbons (Fsp3) is 0.292. The maximum atomic E-state index is 13.0. The van der Waals surface area contributed by atoms with Crippen molar-refractivity contribution < 1.29 is 24.0 Å². The number of ketones is 1. The van der Waals surface area contributed by atoms with Gasteiger partial charge in [0.15, 0.2) is 5.76 Å². The lowest BCUT2D eigenvalue weighted by atomic mass is 9.99. The van der Waals surface area contributed by atoms with E-state index in [0.29, 0.717) is 34.7 Å². The van der Waals surface area contributed by atoms with Gasteiger partial charge in [-0.15, -0.1) is 0 Å². The Balaban J connectivity index is 1.69. The molecule has 1 N–H and O–H groups in total. The zero-order chi connectivity index (χ0) is 20.5. The van der Waals surface area contributed by atoms with Crippen LogP contribution in [-0.2, 0) is 6.54 Å². The first-order chi connectivity index (χ1) is 14.0. The first-order valence-corrected chi connectivity index (χ1v) is 10.1. The van der Waals surface area contributed by atoms with Crippen LogP contribution in [0.4, 0.5) is 0 Å². The van der Waals surface area contributed by atoms with Crippen molar-refractivity contribution in [1.82, 2.24) is 0 Å². The molecule has 0 amide bonds. The van der Waals surface area contributed by atoms with E-state index in [9.17, 15) is 9.90 Å². The number of furan rings is 1. The molecular weight excluding hydrogens is 366 g/mol. The molecule has 0 saturated carbocycles. The number of aryl methyl sites for hydroxylation is 1. The molecule has 0 aliphatic carbocycles. The van der Waals surface area contributed by atoms with E-state index in [0.717, 1.165) is 30.4 Å². The van der Waals surface area contributed by atoms with Crippen LogP contribution in [0.2, 0.25) is 0 Å². The highest BCUT2D eigenvalue weighted by Gasteiger charge is 2.33. The minimum absolute atomic E-state index is 0.0742. The first kappa shape index (κ1) is 19.3. The van der Waals surface area contributed by atoms with Crippen LogP contribution in [-0.4, -0.2) is 19.4 Å². The highest BCUT2D eigenvalue weighted by molar-refractivity contribution is 6.15. The van der Waals surface area contributed by atoms with Crippen molar-refractivity contribution in [1.29, 1.82) is 0 Å². The average molecular weight is 391 g/mol. The monoisotopic (exact) mass is 391 g/mol. The topological polar surface area (TPSA) is 66.9 Å². The van der Waals surface area contributed by atoms with Crippen molar-refractivity contribution in [3.05, 3.63) is 64.6 Å². The number of Topliss-reactive ketones (excluding diaryl/α,β-unsaturated/α-hetero) is 1. The summed E-state index contributed by atoms with van der Waals surface area (Å²) in [5.41, 5.74) is 2.46. The van der Waals surface area contributed by atoms with Crippen LogP contribution in [0.3, 0.4) is 0 Å². The minimum atomic E-state index is -0.203. The van der Waals surface area contributed by atoms with E-state index < -0.39 is 0 Å². The van der Waals surface area contributed by atoms with Gasteiger partial charge in [-0.05, 0) is 31.0 Å². The van der Waals surface area contributed by atoms with Gasteiger partial charge in [0.2, 0.25) is 5.78 Å². The van der Waals surface area contributed by atoms with Crippen LogP contribution in [0.15, 0.2) is 46.6 Å². The smallest absolute Gasteiger partial charge is 0.232 e. The molecule has 2 heterocycles. The maximum Gasteiger partial charge on any atom is 0.232 e. The number of hydrogen-bond donors (Lipinski definition) is 1. The van der Waals surface area contributed by atoms with Gasteiger partial charge in [0.05, 0.1) is 19.2 Å². The van der Waals surface area contributed by atoms with Crippen molar-refractivity contribution in [3.8, 4) is 11.5 Å². The third-order valence-corrected chi connectivity index (χ3v) is 5.36. The third-order valence-electron chi connectivity index (χ3n) is 5.36. The van der Waals surface area contributed by atoms with Gasteiger partial charge in [0, 0.05) is 17.0 Å². The van der Waals surface area contributed by atoms with Crippen molar-refractivity contribution in [3.63, 3.8) is 0 Å². The number of fused-ring (bicyclic) bond motifs is 2. The zero-order valence-electron chi connectivity index (χ0n) is 17.0. The molecule has 5 heteroatoms. The van der Waals surface area contributed by atoms with Crippen LogP contribution in [0.1, 0.15) is 47.0 Å². The fourth-order valence-corrected chi connectivity index (χ4v) is 3.81. The number of benzene rings is 2. The van der Waals surface area contributed by atoms with E-state index in [2.05, 4.69) is 14.0 Å². The molecule has 1 aliphatic rings. The molecule has 29 heavy (non-hydrogen) atoms. The van der Waals surface area contributed by atoms with Gasteiger partial charge in [-0.1, -0.05) is 43.4 Å². The van der Waals surface area contributed by atoms with Crippen molar-refractivity contribution in [2.24, 2.45) is 0 Å². The van der Waals surface area contributed by atoms with Gasteiger partial charge >= 0.3 is 0 Å². The Hall–Kier alpha value is -3.05. The molecule has 0 bridgehead atoms. The molecule has 0 saturated heterocycles. The molecule has 3 aromatic rings. The molecule has 1 atom stereocenters. The number of allylic oxidation sites excluding steroid dienone is 1. The van der Waals surface area contributed by atoms with Crippen molar-refractivity contribution >= 4 is 22.8 Å². The Morgan fingerprint density at radius 2 is 2.00 bits per heavy atom. The van der Waals surface area contributed by atoms with Gasteiger partial charge in [-0.3, -0.25) is 4.79 Å². The van der Waals surface area contributed by atoms with Crippen LogP contribution in [0.25, 0.3) is 17.0 Å². The largest absolute Gasteiger partial charge is 0.872 e. The van der Waals surface area contributed by atoms with E-state index in [1.54, 1.807) is 19.1 Å². The van der Waals surface area contributed by atoms with Gasteiger partial charge in [-0.25, -0.2) is 0 Å². The standard InChI is InChI=1S/C24H25NO4/c1-4-5-10-25(3)14-18-19(26)11-15(2)22-23(27)21(29-24(18)22)13-17-12-16-8-6-7-9-20(16)28-17/h6-9,11-13,26H,4-5,10,14H2,1-3H3. The third kappa shape index (κ3) is 3.66. The number of nitrogens with one attached hydrogen (secondary N) is 1. The highest BCUT2D eigenvalue weighted by Crippen LogP contribution is 2.40. The molecule has 150 valence electrons. The van der Waals surface area contributed by atoms with Gasteiger partial charge in [0.1, 0.15) is 23.6 Å². The maximum absolute atomic E-state index is 13.0. The summed E-state index contributed by atoms with van der Waals surface area (Å²) in [6.45, 7) is 5.43. The van der Waals surface area contributed by atoms with Gasteiger partial charge in [0.25, 0.3) is 0 Å². The molecule has 0 spiro atoms. The Morgan fingerprint density at radius 1 is 1.21 bits per heavy atom. The Kier molecular flexibility index (Phi) is 5.16. The average Bonchev–Trinajstić information content (AvgIpc) is 3.24. The van der Waals surface area contributed by atoms with Gasteiger partial charge in [-0.2, -0.15) is 0 Å². The second-order valence-corrected chi connectivity index (χ2v) is 7.74. The number of ether oxygens (including phenoxy) is 1. The summed E-state index contributed by atoms with van der Waals surface area (Å²) in [6.07, 6.45) is 3.81. The number of unbranched alkanes of at least 4 members (excludes halogenated alkanes) is 1. The summed E-state index contributed by atoms with van der Waals surface area (Å²) in [5.74, 6) is 0.883. The van der Waals surface area contributed by atoms with Crippen LogP contribution in [0.5, 0.6) is 11.5 Å². The molecule has 1 aromatic heterocycles. The Bertz CT molecular complexity index is 1080. The Morgan fingerprint density at radius 3 is 2.76 bits per heavy atom. The second kappa shape index (κ2) is 7.76. The fourth-order valence-electron chi connectivity index (χ4n) is 3.81. The van der Waals surface area contributed by atoms with Crippen molar-refractivity contribution in [2.45, 2.75) is 33.2 Å². The summed E-state index contributed by atoms with van der Waals surface area (Å²) < 4.78 is 11.8. The number of rotatable bonds is 6. The van der Waals surface area contributed by atoms with E-state index in [1.165, 1.54) is 4.90 Å². The van der Waals surface area contributed by atoms with E-state index >= 15 is 0 Å². The predicted octanol–water partition coefficient (Wildman–Crippen LogP) is 3.25. The van der Waals surface area contributed by atoms with E-state index in [-0.39, 0.29) is 17.3 Å². The van der Waals surface area contributed by atoms with E-state index in [1.807, 2.05) is 30.3 Å². The minimum Gasteiger partial charge on any atom is -0.872 e. The van der Waals surface area contributed by atoms with Crippen LogP contribution < -0.4 is 14.7 Å². The predicted molar refractivity (Wildman–Crippen MR) is 110 cm³/mol. The first-order valence-electron chi connectivity index (χ1n) is 10.1. The molecule has 0 fully saturated rings. The number of hydrogen-bond acceptors (Lipinski definition) is 4. The highest BCUT2D eigenvalue weighted by atomic mass is 16.5. The summed E-state index contributed by atoms with van der Waals surface area (Å²) in [4.78, 5) is 14.2. The number of quaternary nitrogens is 1.